The number of nitrogens with one attached hydrogen (secondary N) is 1. The molecule has 1 saturated heterocycles. The molecule has 96 valence electrons. The summed E-state index contributed by atoms with van der Waals surface area (Å²) in [5.74, 6) is -1.11. The van der Waals surface area contributed by atoms with Crippen LogP contribution in [0.1, 0.15) is 19.8 Å². The summed E-state index contributed by atoms with van der Waals surface area (Å²) in [6.07, 6.45) is 1.03. The number of urea groups is 1. The lowest BCUT2D eigenvalue weighted by molar-refractivity contribution is -0.143. The van der Waals surface area contributed by atoms with E-state index in [1.54, 1.807) is 4.90 Å². The smallest absolute Gasteiger partial charge is 0.317 e. The van der Waals surface area contributed by atoms with Gasteiger partial charge in [-0.05, 0) is 19.8 Å². The van der Waals surface area contributed by atoms with Gasteiger partial charge in [0.25, 0.3) is 0 Å². The van der Waals surface area contributed by atoms with Gasteiger partial charge in [-0.15, -0.1) is 0 Å². The van der Waals surface area contributed by atoms with E-state index in [9.17, 15) is 9.59 Å². The van der Waals surface area contributed by atoms with Crippen LogP contribution in [0.3, 0.4) is 0 Å². The highest BCUT2D eigenvalue weighted by Crippen LogP contribution is 2.22. The molecular formula is C11H17BrN2O3. The maximum atomic E-state index is 11.8. The number of rotatable bonds is 3. The second-order valence-electron chi connectivity index (χ2n) is 4.28. The third kappa shape index (κ3) is 4.03. The summed E-state index contributed by atoms with van der Waals surface area (Å²) in [6.45, 7) is 6.37. The Morgan fingerprint density at radius 3 is 2.71 bits per heavy atom. The number of piperidine rings is 1. The number of halogens is 1. The third-order valence-electron chi connectivity index (χ3n) is 2.92. The molecule has 2 amide bonds. The van der Waals surface area contributed by atoms with Crippen LogP contribution in [0.25, 0.3) is 0 Å². The summed E-state index contributed by atoms with van der Waals surface area (Å²) in [5, 5.41) is 11.6. The van der Waals surface area contributed by atoms with Crippen LogP contribution in [-0.2, 0) is 4.79 Å². The van der Waals surface area contributed by atoms with E-state index < -0.39 is 5.97 Å². The maximum Gasteiger partial charge on any atom is 0.317 e. The Labute approximate surface area is 109 Å². The molecule has 0 saturated carbocycles. The molecular weight excluding hydrogens is 288 g/mol. The first-order valence-electron chi connectivity index (χ1n) is 5.52. The lowest BCUT2D eigenvalue weighted by Crippen LogP contribution is -2.50. The quantitative estimate of drug-likeness (QED) is 0.835. The molecule has 1 fully saturated rings. The topological polar surface area (TPSA) is 69.6 Å². The highest BCUT2D eigenvalue weighted by molar-refractivity contribution is 9.11. The van der Waals surface area contributed by atoms with Crippen LogP contribution in [0.2, 0.25) is 0 Å². The Balaban J connectivity index is 2.48. The van der Waals surface area contributed by atoms with Crippen molar-refractivity contribution < 1.29 is 14.7 Å². The van der Waals surface area contributed by atoms with E-state index in [0.717, 1.165) is 0 Å². The van der Waals surface area contributed by atoms with Gasteiger partial charge in [-0.1, -0.05) is 22.5 Å². The van der Waals surface area contributed by atoms with Crippen LogP contribution in [0.15, 0.2) is 11.1 Å². The van der Waals surface area contributed by atoms with E-state index in [2.05, 4.69) is 27.8 Å². The molecule has 0 radical (unpaired) electrons. The molecule has 2 atom stereocenters. The Kier molecular flexibility index (Phi) is 4.99. The zero-order valence-electron chi connectivity index (χ0n) is 9.78. The number of hydrogen-bond donors (Lipinski definition) is 2. The van der Waals surface area contributed by atoms with E-state index in [4.69, 9.17) is 5.11 Å². The van der Waals surface area contributed by atoms with Gasteiger partial charge in [-0.2, -0.15) is 0 Å². The standard InChI is InChI=1S/C11H17BrN2O3/c1-7(12)6-13-11(17)14-4-3-9(10(15)16)5-8(14)2/h8-9H,1,3-6H2,2H3,(H,13,17)(H,15,16). The number of likely N-dealkylation sites (tertiary alicyclic amines) is 1. The van der Waals surface area contributed by atoms with E-state index >= 15 is 0 Å². The van der Waals surface area contributed by atoms with Crippen LogP contribution in [0.4, 0.5) is 4.79 Å². The highest BCUT2D eigenvalue weighted by Gasteiger charge is 2.31. The predicted octanol–water partition coefficient (Wildman–Crippen LogP) is 1.79. The number of carbonyl (C=O) groups excluding carboxylic acids is 1. The zero-order valence-corrected chi connectivity index (χ0v) is 11.4. The fourth-order valence-corrected chi connectivity index (χ4v) is 2.11. The number of carboxylic acids is 1. The Hall–Kier alpha value is -1.04. The Morgan fingerprint density at radius 2 is 2.24 bits per heavy atom. The molecule has 0 aromatic rings. The summed E-state index contributed by atoms with van der Waals surface area (Å²) < 4.78 is 0.707. The van der Waals surface area contributed by atoms with E-state index in [1.165, 1.54) is 0 Å². The van der Waals surface area contributed by atoms with Gasteiger partial charge in [-0.25, -0.2) is 4.79 Å². The minimum atomic E-state index is -0.772. The summed E-state index contributed by atoms with van der Waals surface area (Å²) in [5.41, 5.74) is 0. The molecule has 0 aliphatic carbocycles. The second-order valence-corrected chi connectivity index (χ2v) is 5.40. The zero-order chi connectivity index (χ0) is 13.0. The fourth-order valence-electron chi connectivity index (χ4n) is 1.97. The molecule has 0 bridgehead atoms. The molecule has 5 nitrogen and oxygen atoms in total. The molecule has 2 N–H and O–H groups in total. The van der Waals surface area contributed by atoms with Gasteiger partial charge in [0.1, 0.15) is 0 Å². The Bertz CT molecular complexity index is 333. The van der Waals surface area contributed by atoms with Gasteiger partial charge < -0.3 is 15.3 Å². The number of aliphatic carboxylic acids is 1. The van der Waals surface area contributed by atoms with Gasteiger partial charge in [-0.3, -0.25) is 4.79 Å². The van der Waals surface area contributed by atoms with Crippen LogP contribution in [-0.4, -0.2) is 41.1 Å². The maximum absolute atomic E-state index is 11.8. The van der Waals surface area contributed by atoms with Crippen molar-refractivity contribution in [3.63, 3.8) is 0 Å². The molecule has 1 heterocycles. The number of nitrogens with zero attached hydrogens (tertiary/aromatic N) is 1. The largest absolute Gasteiger partial charge is 0.481 e. The lowest BCUT2D eigenvalue weighted by Gasteiger charge is -2.36. The molecule has 1 rings (SSSR count). The first-order chi connectivity index (χ1) is 7.91. The number of carboxylic acid groups (broad SMARTS) is 1. The number of amides is 2. The fraction of sp³-hybridized carbons (Fsp3) is 0.636. The van der Waals surface area contributed by atoms with Crippen LogP contribution >= 0.6 is 15.9 Å². The van der Waals surface area contributed by atoms with Crippen molar-refractivity contribution in [2.45, 2.75) is 25.8 Å². The van der Waals surface area contributed by atoms with E-state index in [1.807, 2.05) is 6.92 Å². The molecule has 0 aromatic carbocycles. The van der Waals surface area contributed by atoms with Crippen LogP contribution in [0.5, 0.6) is 0 Å². The molecule has 1 aliphatic rings. The first kappa shape index (κ1) is 14.0. The second kappa shape index (κ2) is 6.05. The molecule has 0 aromatic heterocycles. The summed E-state index contributed by atoms with van der Waals surface area (Å²) in [4.78, 5) is 24.3. The van der Waals surface area contributed by atoms with Crippen molar-refractivity contribution >= 4 is 27.9 Å². The SMILES string of the molecule is C=C(Br)CNC(=O)N1CCC(C(=O)O)CC1C. The predicted molar refractivity (Wildman–Crippen MR) is 68.0 cm³/mol. The lowest BCUT2D eigenvalue weighted by atomic mass is 9.92. The van der Waals surface area contributed by atoms with Gasteiger partial charge in [0.15, 0.2) is 0 Å². The molecule has 2 unspecified atom stereocenters. The van der Waals surface area contributed by atoms with Gasteiger partial charge >= 0.3 is 12.0 Å². The van der Waals surface area contributed by atoms with Crippen LogP contribution < -0.4 is 5.32 Å². The minimum Gasteiger partial charge on any atom is -0.481 e. The van der Waals surface area contributed by atoms with Crippen molar-refractivity contribution in [2.75, 3.05) is 13.1 Å². The van der Waals surface area contributed by atoms with Gasteiger partial charge in [0.05, 0.1) is 12.5 Å². The molecule has 0 spiro atoms. The Morgan fingerprint density at radius 1 is 1.59 bits per heavy atom. The minimum absolute atomic E-state index is 0.0477. The third-order valence-corrected chi connectivity index (χ3v) is 3.20. The van der Waals surface area contributed by atoms with Gasteiger partial charge in [0.2, 0.25) is 0 Å². The average molecular weight is 305 g/mol. The van der Waals surface area contributed by atoms with Crippen molar-refractivity contribution in [2.24, 2.45) is 5.92 Å². The summed E-state index contributed by atoms with van der Waals surface area (Å²) in [6, 6.07) is -0.213. The molecule has 1 aliphatic heterocycles. The van der Waals surface area contributed by atoms with Crippen molar-refractivity contribution in [3.05, 3.63) is 11.1 Å². The van der Waals surface area contributed by atoms with E-state index in [-0.39, 0.29) is 18.0 Å². The van der Waals surface area contributed by atoms with Crippen molar-refractivity contribution in [1.82, 2.24) is 10.2 Å². The van der Waals surface area contributed by atoms with Crippen LogP contribution in [0, 0.1) is 5.92 Å². The summed E-state index contributed by atoms with van der Waals surface area (Å²) in [7, 11) is 0. The summed E-state index contributed by atoms with van der Waals surface area (Å²) >= 11 is 3.17. The van der Waals surface area contributed by atoms with Crippen molar-refractivity contribution in [3.8, 4) is 0 Å². The monoisotopic (exact) mass is 304 g/mol. The van der Waals surface area contributed by atoms with Gasteiger partial charge in [0, 0.05) is 17.1 Å². The normalized spacial score (nSPS) is 24.2. The molecule has 17 heavy (non-hydrogen) atoms. The number of hydrogen-bond acceptors (Lipinski definition) is 2. The first-order valence-corrected chi connectivity index (χ1v) is 6.31. The van der Waals surface area contributed by atoms with Crippen molar-refractivity contribution in [1.29, 1.82) is 0 Å². The highest BCUT2D eigenvalue weighted by atomic mass is 79.9. The van der Waals surface area contributed by atoms with E-state index in [0.29, 0.717) is 30.4 Å². The average Bonchev–Trinajstić information content (AvgIpc) is 2.25. The molecule has 6 heteroatoms. The number of carbonyl (C=O) groups is 2.